The van der Waals surface area contributed by atoms with E-state index in [1.165, 1.54) is 18.4 Å². The molecule has 1 aromatic rings. The molecule has 1 rings (SSSR count). The lowest BCUT2D eigenvalue weighted by atomic mass is 10.3. The van der Waals surface area contributed by atoms with E-state index in [0.717, 1.165) is 0 Å². The zero-order valence-electron chi connectivity index (χ0n) is 11.3. The highest BCUT2D eigenvalue weighted by Gasteiger charge is 2.16. The lowest BCUT2D eigenvalue weighted by molar-refractivity contribution is -0.132. The zero-order chi connectivity index (χ0) is 14.3. The molecule has 0 unspecified atom stereocenters. The van der Waals surface area contributed by atoms with Gasteiger partial charge in [-0.3, -0.25) is 4.79 Å². The van der Waals surface area contributed by atoms with Crippen molar-refractivity contribution in [2.75, 3.05) is 27.4 Å². The summed E-state index contributed by atoms with van der Waals surface area (Å²) in [5.41, 5.74) is 0.276. The molecule has 0 radical (unpaired) electrons. The SMILES string of the molecule is CCC(=O)N(CCOC)Cc1nc(C(=O)OC)cs1. The number of esters is 1. The van der Waals surface area contributed by atoms with Gasteiger partial charge in [0.1, 0.15) is 5.01 Å². The van der Waals surface area contributed by atoms with Crippen molar-refractivity contribution in [3.05, 3.63) is 16.1 Å². The number of hydrogen-bond acceptors (Lipinski definition) is 6. The molecule has 0 saturated heterocycles. The molecule has 0 spiro atoms. The number of methoxy groups -OCH3 is 2. The molecule has 6 nitrogen and oxygen atoms in total. The second-order valence-corrected chi connectivity index (χ2v) is 4.72. The first-order valence-corrected chi connectivity index (χ1v) is 6.79. The quantitative estimate of drug-likeness (QED) is 0.707. The van der Waals surface area contributed by atoms with Crippen LogP contribution in [0.4, 0.5) is 0 Å². The van der Waals surface area contributed by atoms with Gasteiger partial charge in [-0.05, 0) is 0 Å². The van der Waals surface area contributed by atoms with Gasteiger partial charge in [-0.1, -0.05) is 6.92 Å². The fourth-order valence-corrected chi connectivity index (χ4v) is 2.24. The maximum atomic E-state index is 11.8. The van der Waals surface area contributed by atoms with Crippen LogP contribution in [0.2, 0.25) is 0 Å². The smallest absolute Gasteiger partial charge is 0.357 e. The third kappa shape index (κ3) is 4.60. The van der Waals surface area contributed by atoms with E-state index in [1.54, 1.807) is 17.4 Å². The van der Waals surface area contributed by atoms with E-state index in [-0.39, 0.29) is 11.6 Å². The lowest BCUT2D eigenvalue weighted by Crippen LogP contribution is -2.32. The Labute approximate surface area is 116 Å². The van der Waals surface area contributed by atoms with Gasteiger partial charge in [0, 0.05) is 25.5 Å². The van der Waals surface area contributed by atoms with Crippen molar-refractivity contribution in [3.8, 4) is 0 Å². The Morgan fingerprint density at radius 3 is 2.74 bits per heavy atom. The van der Waals surface area contributed by atoms with Crippen molar-refractivity contribution in [2.24, 2.45) is 0 Å². The van der Waals surface area contributed by atoms with Crippen molar-refractivity contribution in [1.29, 1.82) is 0 Å². The van der Waals surface area contributed by atoms with Crippen LogP contribution in [0.3, 0.4) is 0 Å². The number of hydrogen-bond donors (Lipinski definition) is 0. The summed E-state index contributed by atoms with van der Waals surface area (Å²) in [5, 5.41) is 2.34. The molecule has 0 aliphatic heterocycles. The first-order valence-electron chi connectivity index (χ1n) is 5.91. The molecule has 19 heavy (non-hydrogen) atoms. The fourth-order valence-electron chi connectivity index (χ4n) is 1.46. The number of nitrogens with zero attached hydrogens (tertiary/aromatic N) is 2. The molecular formula is C12H18N2O4S. The minimum atomic E-state index is -0.465. The summed E-state index contributed by atoms with van der Waals surface area (Å²) < 4.78 is 9.57. The Morgan fingerprint density at radius 2 is 2.16 bits per heavy atom. The second-order valence-electron chi connectivity index (χ2n) is 3.78. The third-order valence-corrected chi connectivity index (χ3v) is 3.33. The van der Waals surface area contributed by atoms with E-state index in [4.69, 9.17) is 4.74 Å². The molecule has 0 bridgehead atoms. The Morgan fingerprint density at radius 1 is 1.42 bits per heavy atom. The number of amides is 1. The van der Waals surface area contributed by atoms with Gasteiger partial charge < -0.3 is 14.4 Å². The van der Waals surface area contributed by atoms with Crippen molar-refractivity contribution < 1.29 is 19.1 Å². The van der Waals surface area contributed by atoms with Gasteiger partial charge in [-0.25, -0.2) is 9.78 Å². The summed E-state index contributed by atoms with van der Waals surface area (Å²) in [6.07, 6.45) is 0.430. The minimum absolute atomic E-state index is 0.0341. The average molecular weight is 286 g/mol. The number of thiazole rings is 1. The van der Waals surface area contributed by atoms with E-state index in [1.807, 2.05) is 6.92 Å². The maximum absolute atomic E-state index is 11.8. The number of carbonyl (C=O) groups is 2. The molecule has 0 fully saturated rings. The van der Waals surface area contributed by atoms with Crippen LogP contribution >= 0.6 is 11.3 Å². The Bertz CT molecular complexity index is 433. The first-order chi connectivity index (χ1) is 9.12. The number of ether oxygens (including phenoxy) is 2. The molecule has 1 aromatic heterocycles. The summed E-state index contributed by atoms with van der Waals surface area (Å²) in [6, 6.07) is 0. The second kappa shape index (κ2) is 7.85. The van der Waals surface area contributed by atoms with E-state index in [0.29, 0.717) is 31.1 Å². The molecular weight excluding hydrogens is 268 g/mol. The van der Waals surface area contributed by atoms with Gasteiger partial charge in [-0.15, -0.1) is 11.3 Å². The normalized spacial score (nSPS) is 10.3. The molecule has 0 N–H and O–H groups in total. The molecule has 0 atom stereocenters. The monoisotopic (exact) mass is 286 g/mol. The molecule has 0 aliphatic carbocycles. The zero-order valence-corrected chi connectivity index (χ0v) is 12.2. The maximum Gasteiger partial charge on any atom is 0.357 e. The number of rotatable bonds is 7. The molecule has 0 aliphatic rings. The minimum Gasteiger partial charge on any atom is -0.464 e. The Balaban J connectivity index is 2.70. The third-order valence-electron chi connectivity index (χ3n) is 2.49. The predicted molar refractivity (Wildman–Crippen MR) is 71.0 cm³/mol. The van der Waals surface area contributed by atoms with Crippen LogP contribution in [-0.4, -0.2) is 49.1 Å². The van der Waals surface area contributed by atoms with E-state index in [2.05, 4.69) is 9.72 Å². The Hall–Kier alpha value is -1.47. The van der Waals surface area contributed by atoms with Crippen molar-refractivity contribution in [1.82, 2.24) is 9.88 Å². The molecule has 0 aromatic carbocycles. The van der Waals surface area contributed by atoms with Gasteiger partial charge in [0.2, 0.25) is 5.91 Å². The molecule has 106 valence electrons. The van der Waals surface area contributed by atoms with Crippen molar-refractivity contribution >= 4 is 23.2 Å². The van der Waals surface area contributed by atoms with Crippen LogP contribution in [0, 0.1) is 0 Å². The summed E-state index contributed by atoms with van der Waals surface area (Å²) in [7, 11) is 2.90. The first kappa shape index (κ1) is 15.6. The largest absolute Gasteiger partial charge is 0.464 e. The standard InChI is InChI=1S/C12H18N2O4S/c1-4-11(15)14(5-6-17-2)7-10-13-9(8-19-10)12(16)18-3/h8H,4-7H2,1-3H3. The molecule has 0 saturated carbocycles. The van der Waals surface area contributed by atoms with Gasteiger partial charge >= 0.3 is 5.97 Å². The van der Waals surface area contributed by atoms with Gasteiger partial charge in [0.05, 0.1) is 20.3 Å². The fraction of sp³-hybridized carbons (Fsp3) is 0.583. The van der Waals surface area contributed by atoms with Crippen LogP contribution in [0.25, 0.3) is 0 Å². The van der Waals surface area contributed by atoms with Crippen molar-refractivity contribution in [3.63, 3.8) is 0 Å². The summed E-state index contributed by atoms with van der Waals surface area (Å²) >= 11 is 1.34. The van der Waals surface area contributed by atoms with Gasteiger partial charge in [0.15, 0.2) is 5.69 Å². The summed E-state index contributed by atoms with van der Waals surface area (Å²) in [6.45, 7) is 3.18. The highest BCUT2D eigenvalue weighted by molar-refractivity contribution is 7.09. The number of aromatic nitrogens is 1. The molecule has 7 heteroatoms. The van der Waals surface area contributed by atoms with E-state index in [9.17, 15) is 9.59 Å². The van der Waals surface area contributed by atoms with Gasteiger partial charge in [0.25, 0.3) is 0 Å². The van der Waals surface area contributed by atoms with Crippen LogP contribution in [0.5, 0.6) is 0 Å². The van der Waals surface area contributed by atoms with E-state index >= 15 is 0 Å². The predicted octanol–water partition coefficient (Wildman–Crippen LogP) is 1.31. The highest BCUT2D eigenvalue weighted by Crippen LogP contribution is 2.13. The summed E-state index contributed by atoms with van der Waals surface area (Å²) in [4.78, 5) is 28.9. The molecule has 1 heterocycles. The highest BCUT2D eigenvalue weighted by atomic mass is 32.1. The van der Waals surface area contributed by atoms with Crippen LogP contribution in [0.1, 0.15) is 28.8 Å². The molecule has 1 amide bonds. The van der Waals surface area contributed by atoms with Crippen molar-refractivity contribution in [2.45, 2.75) is 19.9 Å². The average Bonchev–Trinajstić information content (AvgIpc) is 2.90. The number of carbonyl (C=O) groups excluding carboxylic acids is 2. The topological polar surface area (TPSA) is 68.7 Å². The lowest BCUT2D eigenvalue weighted by Gasteiger charge is -2.20. The van der Waals surface area contributed by atoms with Crippen LogP contribution in [0.15, 0.2) is 5.38 Å². The van der Waals surface area contributed by atoms with E-state index < -0.39 is 5.97 Å². The van der Waals surface area contributed by atoms with Crippen LogP contribution < -0.4 is 0 Å². The Kier molecular flexibility index (Phi) is 6.44. The van der Waals surface area contributed by atoms with Gasteiger partial charge in [-0.2, -0.15) is 0 Å². The van der Waals surface area contributed by atoms with Crippen LogP contribution in [-0.2, 0) is 20.8 Å². The summed E-state index contributed by atoms with van der Waals surface area (Å²) in [5.74, 6) is -0.431.